The maximum Gasteiger partial charge on any atom is 0.306 e. The number of carbonyl (C=O) groups excluding carboxylic acids is 1. The summed E-state index contributed by atoms with van der Waals surface area (Å²) in [5.74, 6) is -0.139. The Morgan fingerprint density at radius 1 is 1.00 bits per heavy atom. The molecule has 0 saturated carbocycles. The molecule has 0 spiro atoms. The molecule has 18 heavy (non-hydrogen) atoms. The van der Waals surface area contributed by atoms with Gasteiger partial charge in [-0.25, -0.2) is 0 Å². The van der Waals surface area contributed by atoms with Crippen LogP contribution >= 0.6 is 0 Å². The average molecular weight is 260 g/mol. The maximum atomic E-state index is 11.1. The molecule has 0 saturated heterocycles. The topological polar surface area (TPSA) is 42.0 Å². The summed E-state index contributed by atoms with van der Waals surface area (Å²) >= 11 is 0. The monoisotopic (exact) mass is 260 g/mol. The molecule has 0 aliphatic heterocycles. The lowest BCUT2D eigenvalue weighted by Gasteiger charge is -2.22. The molecule has 0 amide bonds. The highest BCUT2D eigenvalue weighted by molar-refractivity contribution is 5.69. The second-order valence-corrected chi connectivity index (χ2v) is 4.67. The summed E-state index contributed by atoms with van der Waals surface area (Å²) in [6, 6.07) is 0. The molecular weight excluding hydrogens is 232 g/mol. The van der Waals surface area contributed by atoms with E-state index in [9.17, 15) is 4.79 Å². The summed E-state index contributed by atoms with van der Waals surface area (Å²) < 4.78 is 9.73. The quantitative estimate of drug-likeness (QED) is 0.407. The van der Waals surface area contributed by atoms with E-state index in [2.05, 4.69) is 28.6 Å². The standard InChI is InChI=1S/C13H28N2O3/c1-14(2)8-5-9-15(10-6-12-17-3)11-7-13(16)18-4/h5-12H2,1-4H3. The molecule has 0 heterocycles. The highest BCUT2D eigenvalue weighted by Gasteiger charge is 2.08. The number of rotatable bonds is 11. The van der Waals surface area contributed by atoms with E-state index in [1.165, 1.54) is 7.11 Å². The molecule has 0 aliphatic carbocycles. The van der Waals surface area contributed by atoms with Gasteiger partial charge < -0.3 is 19.3 Å². The van der Waals surface area contributed by atoms with Crippen LogP contribution in [0, 0.1) is 0 Å². The second-order valence-electron chi connectivity index (χ2n) is 4.67. The number of esters is 1. The first-order valence-corrected chi connectivity index (χ1v) is 6.53. The number of hydrogen-bond acceptors (Lipinski definition) is 5. The molecule has 5 nitrogen and oxygen atoms in total. The molecule has 0 aromatic rings. The van der Waals surface area contributed by atoms with Gasteiger partial charge in [-0.15, -0.1) is 0 Å². The first-order chi connectivity index (χ1) is 8.60. The average Bonchev–Trinajstić information content (AvgIpc) is 2.34. The molecule has 0 aromatic carbocycles. The number of nitrogens with zero attached hydrogens (tertiary/aromatic N) is 2. The van der Waals surface area contributed by atoms with Crippen LogP contribution in [-0.4, -0.2) is 76.9 Å². The Hall–Kier alpha value is -0.650. The Balaban J connectivity index is 3.87. The van der Waals surface area contributed by atoms with E-state index >= 15 is 0 Å². The molecule has 0 atom stereocenters. The van der Waals surface area contributed by atoms with Crippen molar-refractivity contribution in [1.82, 2.24) is 9.80 Å². The molecule has 0 N–H and O–H groups in total. The van der Waals surface area contributed by atoms with E-state index in [0.29, 0.717) is 6.42 Å². The summed E-state index contributed by atoms with van der Waals surface area (Å²) in [7, 11) is 7.29. The van der Waals surface area contributed by atoms with Crippen molar-refractivity contribution >= 4 is 5.97 Å². The van der Waals surface area contributed by atoms with Gasteiger partial charge in [0.05, 0.1) is 13.5 Å². The van der Waals surface area contributed by atoms with Crippen LogP contribution in [0.4, 0.5) is 0 Å². The SMILES string of the molecule is COCCCN(CCCN(C)C)CCC(=O)OC. The van der Waals surface area contributed by atoms with E-state index in [4.69, 9.17) is 4.74 Å². The molecule has 0 bridgehead atoms. The largest absolute Gasteiger partial charge is 0.469 e. The third-order valence-electron chi connectivity index (χ3n) is 2.76. The van der Waals surface area contributed by atoms with Crippen molar-refractivity contribution < 1.29 is 14.3 Å². The van der Waals surface area contributed by atoms with Gasteiger partial charge in [0.1, 0.15) is 0 Å². The third kappa shape index (κ3) is 10.5. The molecule has 5 heteroatoms. The van der Waals surface area contributed by atoms with Crippen molar-refractivity contribution in [2.75, 3.05) is 61.1 Å². The van der Waals surface area contributed by atoms with Gasteiger partial charge in [0.2, 0.25) is 0 Å². The Morgan fingerprint density at radius 2 is 1.67 bits per heavy atom. The fourth-order valence-corrected chi connectivity index (χ4v) is 1.73. The maximum absolute atomic E-state index is 11.1. The van der Waals surface area contributed by atoms with Crippen LogP contribution in [0.25, 0.3) is 0 Å². The van der Waals surface area contributed by atoms with Gasteiger partial charge in [-0.05, 0) is 40.0 Å². The van der Waals surface area contributed by atoms with E-state index < -0.39 is 0 Å². The van der Waals surface area contributed by atoms with Crippen molar-refractivity contribution in [2.24, 2.45) is 0 Å². The highest BCUT2D eigenvalue weighted by atomic mass is 16.5. The molecule has 0 rings (SSSR count). The summed E-state index contributed by atoms with van der Waals surface area (Å²) in [6.45, 7) is 4.59. The van der Waals surface area contributed by atoms with Crippen molar-refractivity contribution in [3.8, 4) is 0 Å². The third-order valence-corrected chi connectivity index (χ3v) is 2.76. The van der Waals surface area contributed by atoms with Crippen LogP contribution in [0.2, 0.25) is 0 Å². The number of hydrogen-bond donors (Lipinski definition) is 0. The van der Waals surface area contributed by atoms with Crippen molar-refractivity contribution in [2.45, 2.75) is 19.3 Å². The first kappa shape index (κ1) is 17.4. The van der Waals surface area contributed by atoms with E-state index in [1.54, 1.807) is 7.11 Å². The lowest BCUT2D eigenvalue weighted by molar-refractivity contribution is -0.141. The van der Waals surface area contributed by atoms with Crippen LogP contribution in [0.5, 0.6) is 0 Å². The van der Waals surface area contributed by atoms with Crippen LogP contribution < -0.4 is 0 Å². The molecule has 0 fully saturated rings. The van der Waals surface area contributed by atoms with Crippen LogP contribution in [-0.2, 0) is 14.3 Å². The zero-order chi connectivity index (χ0) is 13.8. The highest BCUT2D eigenvalue weighted by Crippen LogP contribution is 1.99. The van der Waals surface area contributed by atoms with Gasteiger partial charge in [-0.3, -0.25) is 4.79 Å². The Morgan fingerprint density at radius 3 is 2.22 bits per heavy atom. The van der Waals surface area contributed by atoms with Crippen LogP contribution in [0.1, 0.15) is 19.3 Å². The summed E-state index contributed by atoms with van der Waals surface area (Å²) in [5.41, 5.74) is 0. The first-order valence-electron chi connectivity index (χ1n) is 6.53. The molecular formula is C13H28N2O3. The smallest absolute Gasteiger partial charge is 0.306 e. The number of carbonyl (C=O) groups is 1. The van der Waals surface area contributed by atoms with Gasteiger partial charge in [0.15, 0.2) is 0 Å². The zero-order valence-corrected chi connectivity index (χ0v) is 12.3. The predicted octanol–water partition coefficient (Wildman–Crippen LogP) is 0.840. The normalized spacial score (nSPS) is 11.2. The Labute approximate surface area is 111 Å². The second kappa shape index (κ2) is 11.4. The fraction of sp³-hybridized carbons (Fsp3) is 0.923. The Bertz CT molecular complexity index is 210. The van der Waals surface area contributed by atoms with Gasteiger partial charge in [0, 0.05) is 26.8 Å². The number of ether oxygens (including phenoxy) is 2. The van der Waals surface area contributed by atoms with Gasteiger partial charge in [0.25, 0.3) is 0 Å². The summed E-state index contributed by atoms with van der Waals surface area (Å²) in [6.07, 6.45) is 2.58. The predicted molar refractivity (Wildman–Crippen MR) is 72.7 cm³/mol. The fourth-order valence-electron chi connectivity index (χ4n) is 1.73. The lowest BCUT2D eigenvalue weighted by atomic mass is 10.3. The summed E-state index contributed by atoms with van der Waals surface area (Å²) in [4.78, 5) is 15.6. The van der Waals surface area contributed by atoms with E-state index in [1.807, 2.05) is 0 Å². The minimum absolute atomic E-state index is 0.139. The van der Waals surface area contributed by atoms with Crippen LogP contribution in [0.15, 0.2) is 0 Å². The van der Waals surface area contributed by atoms with Crippen LogP contribution in [0.3, 0.4) is 0 Å². The lowest BCUT2D eigenvalue weighted by Crippen LogP contribution is -2.31. The van der Waals surface area contributed by atoms with Crippen molar-refractivity contribution in [3.05, 3.63) is 0 Å². The molecule has 108 valence electrons. The van der Waals surface area contributed by atoms with Gasteiger partial charge in [-0.1, -0.05) is 0 Å². The minimum atomic E-state index is -0.139. The Kier molecular flexibility index (Phi) is 11.0. The molecule has 0 radical (unpaired) electrons. The number of methoxy groups -OCH3 is 2. The molecule has 0 aliphatic rings. The zero-order valence-electron chi connectivity index (χ0n) is 12.3. The molecule has 0 aromatic heterocycles. The van der Waals surface area contributed by atoms with Gasteiger partial charge in [-0.2, -0.15) is 0 Å². The van der Waals surface area contributed by atoms with E-state index in [0.717, 1.165) is 45.6 Å². The summed E-state index contributed by atoms with van der Waals surface area (Å²) in [5, 5.41) is 0. The van der Waals surface area contributed by atoms with Crippen molar-refractivity contribution in [3.63, 3.8) is 0 Å². The van der Waals surface area contributed by atoms with Gasteiger partial charge >= 0.3 is 5.97 Å². The van der Waals surface area contributed by atoms with E-state index in [-0.39, 0.29) is 5.97 Å². The van der Waals surface area contributed by atoms with Crippen molar-refractivity contribution in [1.29, 1.82) is 0 Å². The minimum Gasteiger partial charge on any atom is -0.469 e. The molecule has 0 unspecified atom stereocenters.